The van der Waals surface area contributed by atoms with Crippen molar-refractivity contribution >= 4 is 0 Å². The lowest BCUT2D eigenvalue weighted by Crippen LogP contribution is -2.18. The van der Waals surface area contributed by atoms with E-state index in [0.717, 1.165) is 11.5 Å². The maximum absolute atomic E-state index is 9.58. The Bertz CT molecular complexity index is 551. The normalized spacial score (nSPS) is 23.4. The van der Waals surface area contributed by atoms with Crippen LogP contribution in [0.5, 0.6) is 0 Å². The van der Waals surface area contributed by atoms with E-state index in [-0.39, 0.29) is 12.1 Å². The summed E-state index contributed by atoms with van der Waals surface area (Å²) in [5, 5.41) is 21.0. The molecule has 1 fully saturated rings. The molecule has 18 heavy (non-hydrogen) atoms. The van der Waals surface area contributed by atoms with Gasteiger partial charge in [0.05, 0.1) is 12.1 Å². The second kappa shape index (κ2) is 4.51. The molecular weight excluding hydrogens is 228 g/mol. The molecule has 0 spiro atoms. The molecule has 0 saturated carbocycles. The lowest BCUT2D eigenvalue weighted by molar-refractivity contribution is 0.193. The Morgan fingerprint density at radius 2 is 2.33 bits per heavy atom. The van der Waals surface area contributed by atoms with Gasteiger partial charge in [-0.05, 0) is 31.0 Å². The number of aliphatic hydroxyl groups excluding tert-OH is 1. The van der Waals surface area contributed by atoms with Gasteiger partial charge in [-0.1, -0.05) is 12.1 Å². The Hall–Kier alpha value is -1.72. The van der Waals surface area contributed by atoms with Crippen LogP contribution in [-0.2, 0) is 0 Å². The fourth-order valence-corrected chi connectivity index (χ4v) is 2.37. The number of hydrogen-bond donors (Lipinski definition) is 2. The van der Waals surface area contributed by atoms with Crippen LogP contribution >= 0.6 is 0 Å². The van der Waals surface area contributed by atoms with E-state index in [4.69, 9.17) is 0 Å². The van der Waals surface area contributed by atoms with Gasteiger partial charge in [-0.25, -0.2) is 0 Å². The Kier molecular flexibility index (Phi) is 2.85. The van der Waals surface area contributed by atoms with Crippen molar-refractivity contribution in [1.82, 2.24) is 20.1 Å². The molecule has 1 aromatic carbocycles. The Morgan fingerprint density at radius 1 is 1.44 bits per heavy atom. The zero-order valence-corrected chi connectivity index (χ0v) is 10.2. The molecule has 2 heterocycles. The predicted molar refractivity (Wildman–Crippen MR) is 67.5 cm³/mol. The average Bonchev–Trinajstić information content (AvgIpc) is 2.96. The van der Waals surface area contributed by atoms with Gasteiger partial charge in [0.2, 0.25) is 0 Å². The molecule has 0 radical (unpaired) electrons. The van der Waals surface area contributed by atoms with Gasteiger partial charge < -0.3 is 10.4 Å². The monoisotopic (exact) mass is 244 g/mol. The third-order valence-corrected chi connectivity index (χ3v) is 3.27. The number of nitrogens with one attached hydrogen (secondary N) is 1. The van der Waals surface area contributed by atoms with Crippen molar-refractivity contribution in [3.8, 4) is 5.69 Å². The highest BCUT2D eigenvalue weighted by molar-refractivity contribution is 5.36. The van der Waals surface area contributed by atoms with E-state index in [1.165, 1.54) is 5.56 Å². The Morgan fingerprint density at radius 3 is 3.06 bits per heavy atom. The highest BCUT2D eigenvalue weighted by atomic mass is 16.3. The number of aromatic nitrogens is 3. The van der Waals surface area contributed by atoms with E-state index in [0.29, 0.717) is 13.0 Å². The lowest BCUT2D eigenvalue weighted by atomic mass is 10.2. The minimum Gasteiger partial charge on any atom is -0.392 e. The third-order valence-electron chi connectivity index (χ3n) is 3.27. The van der Waals surface area contributed by atoms with E-state index >= 15 is 0 Å². The fraction of sp³-hybridized carbons (Fsp3) is 0.385. The van der Waals surface area contributed by atoms with E-state index in [2.05, 4.69) is 34.6 Å². The van der Waals surface area contributed by atoms with Crippen molar-refractivity contribution in [3.05, 3.63) is 42.0 Å². The summed E-state index contributed by atoms with van der Waals surface area (Å²) in [6, 6.07) is 8.28. The van der Waals surface area contributed by atoms with Crippen LogP contribution < -0.4 is 5.32 Å². The standard InChI is InChI=1S/C13H16N4O/c1-9-3-2-4-10(5-9)17-8-15-16-13(17)12-6-11(18)7-14-12/h2-5,8,11-12,14,18H,6-7H2,1H3/t11-,12-/m0/s1. The summed E-state index contributed by atoms with van der Waals surface area (Å²) in [4.78, 5) is 0. The summed E-state index contributed by atoms with van der Waals surface area (Å²) >= 11 is 0. The quantitative estimate of drug-likeness (QED) is 0.826. The highest BCUT2D eigenvalue weighted by Gasteiger charge is 2.27. The van der Waals surface area contributed by atoms with Crippen LogP contribution in [0.4, 0.5) is 0 Å². The van der Waals surface area contributed by atoms with Gasteiger partial charge in [0.1, 0.15) is 6.33 Å². The Balaban J connectivity index is 1.96. The number of aryl methyl sites for hydroxylation is 1. The van der Waals surface area contributed by atoms with Crippen molar-refractivity contribution in [2.45, 2.75) is 25.5 Å². The largest absolute Gasteiger partial charge is 0.392 e. The number of aliphatic hydroxyl groups is 1. The lowest BCUT2D eigenvalue weighted by Gasteiger charge is -2.12. The van der Waals surface area contributed by atoms with Crippen LogP contribution in [0.3, 0.4) is 0 Å². The zero-order valence-electron chi connectivity index (χ0n) is 10.2. The summed E-state index contributed by atoms with van der Waals surface area (Å²) in [5.74, 6) is 0.858. The minimum absolute atomic E-state index is 0.0722. The summed E-state index contributed by atoms with van der Waals surface area (Å²) in [5.41, 5.74) is 2.25. The molecule has 2 aromatic rings. The molecule has 5 nitrogen and oxygen atoms in total. The minimum atomic E-state index is -0.294. The first-order valence-corrected chi connectivity index (χ1v) is 6.12. The van der Waals surface area contributed by atoms with Crippen molar-refractivity contribution in [3.63, 3.8) is 0 Å². The van der Waals surface area contributed by atoms with E-state index in [9.17, 15) is 5.11 Å². The van der Waals surface area contributed by atoms with E-state index in [1.54, 1.807) is 6.33 Å². The molecule has 0 aliphatic carbocycles. The summed E-state index contributed by atoms with van der Waals surface area (Å²) < 4.78 is 1.97. The fourth-order valence-electron chi connectivity index (χ4n) is 2.37. The molecule has 1 saturated heterocycles. The molecular formula is C13H16N4O. The molecule has 1 aliphatic heterocycles. The summed E-state index contributed by atoms with van der Waals surface area (Å²) in [6.45, 7) is 2.68. The summed E-state index contributed by atoms with van der Waals surface area (Å²) in [7, 11) is 0. The highest BCUT2D eigenvalue weighted by Crippen LogP contribution is 2.23. The smallest absolute Gasteiger partial charge is 0.154 e. The van der Waals surface area contributed by atoms with Crippen molar-refractivity contribution < 1.29 is 5.11 Å². The van der Waals surface area contributed by atoms with Crippen LogP contribution in [0.25, 0.3) is 5.69 Å². The zero-order chi connectivity index (χ0) is 12.5. The predicted octanol–water partition coefficient (Wildman–Crippen LogP) is 0.971. The topological polar surface area (TPSA) is 63.0 Å². The number of β-amino-alcohol motifs (C(OH)–C–C–N with tert-alkyl or cyclic N) is 1. The maximum atomic E-state index is 9.58. The van der Waals surface area contributed by atoms with E-state index < -0.39 is 0 Å². The molecule has 0 amide bonds. The van der Waals surface area contributed by atoms with Gasteiger partial charge in [0, 0.05) is 12.2 Å². The van der Waals surface area contributed by atoms with Crippen LogP contribution in [0.1, 0.15) is 23.9 Å². The summed E-state index contributed by atoms with van der Waals surface area (Å²) in [6.07, 6.45) is 2.11. The van der Waals surface area contributed by atoms with Gasteiger partial charge >= 0.3 is 0 Å². The number of benzene rings is 1. The molecule has 2 N–H and O–H groups in total. The van der Waals surface area contributed by atoms with Crippen molar-refractivity contribution in [2.24, 2.45) is 0 Å². The molecule has 0 bridgehead atoms. The first-order chi connectivity index (χ1) is 8.74. The third kappa shape index (κ3) is 2.02. The maximum Gasteiger partial charge on any atom is 0.154 e. The molecule has 2 atom stereocenters. The first kappa shape index (κ1) is 11.4. The first-order valence-electron chi connectivity index (χ1n) is 6.12. The number of hydrogen-bond acceptors (Lipinski definition) is 4. The van der Waals surface area contributed by atoms with Crippen LogP contribution in [-0.4, -0.2) is 32.5 Å². The molecule has 94 valence electrons. The van der Waals surface area contributed by atoms with Crippen molar-refractivity contribution in [2.75, 3.05) is 6.54 Å². The van der Waals surface area contributed by atoms with Gasteiger partial charge in [-0.3, -0.25) is 4.57 Å². The Labute approximate surface area is 105 Å². The van der Waals surface area contributed by atoms with E-state index in [1.807, 2.05) is 16.7 Å². The second-order valence-electron chi connectivity index (χ2n) is 4.75. The van der Waals surface area contributed by atoms with Gasteiger partial charge in [-0.2, -0.15) is 0 Å². The molecule has 5 heteroatoms. The molecule has 1 aromatic heterocycles. The second-order valence-corrected chi connectivity index (χ2v) is 4.75. The van der Waals surface area contributed by atoms with Crippen LogP contribution in [0.15, 0.2) is 30.6 Å². The molecule has 0 unspecified atom stereocenters. The van der Waals surface area contributed by atoms with Gasteiger partial charge in [0.25, 0.3) is 0 Å². The van der Waals surface area contributed by atoms with Gasteiger partial charge in [-0.15, -0.1) is 10.2 Å². The average molecular weight is 244 g/mol. The SMILES string of the molecule is Cc1cccc(-n2cnnc2[C@@H]2C[C@H](O)CN2)c1. The van der Waals surface area contributed by atoms with Crippen LogP contribution in [0.2, 0.25) is 0 Å². The van der Waals surface area contributed by atoms with Crippen molar-refractivity contribution in [1.29, 1.82) is 0 Å². The van der Waals surface area contributed by atoms with Gasteiger partial charge in [0.15, 0.2) is 5.82 Å². The number of rotatable bonds is 2. The number of nitrogens with zero attached hydrogens (tertiary/aromatic N) is 3. The van der Waals surface area contributed by atoms with Crippen LogP contribution in [0, 0.1) is 6.92 Å². The molecule has 1 aliphatic rings. The molecule has 3 rings (SSSR count).